The van der Waals surface area contributed by atoms with Crippen molar-refractivity contribution in [3.05, 3.63) is 99.6 Å². The molecule has 0 N–H and O–H groups in total. The van der Waals surface area contributed by atoms with E-state index in [1.54, 1.807) is 47.4 Å². The monoisotopic (exact) mass is 427 g/mol. The van der Waals surface area contributed by atoms with Crippen molar-refractivity contribution in [3.8, 4) is 5.69 Å². The second kappa shape index (κ2) is 7.52. The highest BCUT2D eigenvalue weighted by Gasteiger charge is 2.31. The minimum Gasteiger partial charge on any atom is -0.308 e. The SMILES string of the molecule is CCN1C(=O)C(=Cc2nc3ccccc3c(=O)n2-c2ccc(Cl)cc2)c2ccccc21. The molecule has 4 aromatic rings. The van der Waals surface area contributed by atoms with Gasteiger partial charge >= 0.3 is 0 Å². The number of hydrogen-bond acceptors (Lipinski definition) is 3. The summed E-state index contributed by atoms with van der Waals surface area (Å²) in [6, 6.07) is 21.9. The molecule has 1 aromatic heterocycles. The summed E-state index contributed by atoms with van der Waals surface area (Å²) in [6.45, 7) is 2.50. The normalized spacial score (nSPS) is 14.5. The third-order valence-electron chi connectivity index (χ3n) is 5.44. The number of aromatic nitrogens is 2. The number of likely N-dealkylation sites (N-methyl/N-ethyl adjacent to an activating group) is 1. The molecule has 0 saturated heterocycles. The molecule has 0 unspecified atom stereocenters. The average Bonchev–Trinajstić information content (AvgIpc) is 3.06. The maximum absolute atomic E-state index is 13.4. The fourth-order valence-corrected chi connectivity index (χ4v) is 4.10. The Morgan fingerprint density at radius 2 is 1.65 bits per heavy atom. The molecule has 1 aliphatic rings. The molecule has 3 aromatic carbocycles. The lowest BCUT2D eigenvalue weighted by Crippen LogP contribution is -2.26. The number of para-hydroxylation sites is 2. The molecule has 0 saturated carbocycles. The van der Waals surface area contributed by atoms with Gasteiger partial charge in [0.25, 0.3) is 11.5 Å². The van der Waals surface area contributed by atoms with Gasteiger partial charge in [-0.2, -0.15) is 0 Å². The Labute approximate surface area is 183 Å². The summed E-state index contributed by atoms with van der Waals surface area (Å²) in [5.41, 5.74) is 3.22. The van der Waals surface area contributed by atoms with Gasteiger partial charge in [-0.05, 0) is 55.5 Å². The molecular formula is C25H18ClN3O2. The van der Waals surface area contributed by atoms with Crippen molar-refractivity contribution >= 4 is 45.7 Å². The molecule has 1 aliphatic heterocycles. The predicted octanol–water partition coefficient (Wildman–Crippen LogP) is 4.95. The average molecular weight is 428 g/mol. The van der Waals surface area contributed by atoms with Gasteiger partial charge in [-0.15, -0.1) is 0 Å². The Kier molecular flexibility index (Phi) is 4.68. The first-order chi connectivity index (χ1) is 15.1. The molecule has 0 atom stereocenters. The number of rotatable bonds is 3. The highest BCUT2D eigenvalue weighted by atomic mass is 35.5. The maximum Gasteiger partial charge on any atom is 0.266 e. The molecule has 0 fully saturated rings. The van der Waals surface area contributed by atoms with Crippen molar-refractivity contribution in [3.63, 3.8) is 0 Å². The minimum absolute atomic E-state index is 0.103. The molecule has 0 bridgehead atoms. The van der Waals surface area contributed by atoms with Crippen LogP contribution in [-0.2, 0) is 4.79 Å². The zero-order valence-corrected chi connectivity index (χ0v) is 17.5. The fourth-order valence-electron chi connectivity index (χ4n) is 3.98. The quantitative estimate of drug-likeness (QED) is 0.435. The van der Waals surface area contributed by atoms with Crippen molar-refractivity contribution in [2.24, 2.45) is 0 Å². The molecule has 0 radical (unpaired) electrons. The zero-order chi connectivity index (χ0) is 21.5. The topological polar surface area (TPSA) is 55.2 Å². The first-order valence-electron chi connectivity index (χ1n) is 9.99. The number of hydrogen-bond donors (Lipinski definition) is 0. The number of amides is 1. The van der Waals surface area contributed by atoms with Gasteiger partial charge in [0.2, 0.25) is 0 Å². The second-order valence-electron chi connectivity index (χ2n) is 7.23. The van der Waals surface area contributed by atoms with Gasteiger partial charge in [0, 0.05) is 17.1 Å². The van der Waals surface area contributed by atoms with E-state index in [0.29, 0.717) is 39.6 Å². The van der Waals surface area contributed by atoms with Crippen LogP contribution in [0.25, 0.3) is 28.2 Å². The zero-order valence-electron chi connectivity index (χ0n) is 16.7. The molecule has 0 spiro atoms. The molecule has 5 nitrogen and oxygen atoms in total. The van der Waals surface area contributed by atoms with Gasteiger partial charge < -0.3 is 4.90 Å². The van der Waals surface area contributed by atoms with E-state index in [1.807, 2.05) is 43.3 Å². The van der Waals surface area contributed by atoms with Crippen LogP contribution in [0.5, 0.6) is 0 Å². The van der Waals surface area contributed by atoms with Crippen LogP contribution in [0.4, 0.5) is 5.69 Å². The summed E-state index contributed by atoms with van der Waals surface area (Å²) >= 11 is 6.05. The van der Waals surface area contributed by atoms with Crippen molar-refractivity contribution in [1.82, 2.24) is 9.55 Å². The van der Waals surface area contributed by atoms with Gasteiger partial charge in [-0.25, -0.2) is 4.98 Å². The van der Waals surface area contributed by atoms with Crippen molar-refractivity contribution in [2.75, 3.05) is 11.4 Å². The summed E-state index contributed by atoms with van der Waals surface area (Å²) < 4.78 is 1.52. The van der Waals surface area contributed by atoms with E-state index in [-0.39, 0.29) is 11.5 Å². The van der Waals surface area contributed by atoms with Crippen LogP contribution < -0.4 is 10.5 Å². The lowest BCUT2D eigenvalue weighted by atomic mass is 10.1. The molecule has 0 aliphatic carbocycles. The Hall–Kier alpha value is -3.70. The lowest BCUT2D eigenvalue weighted by molar-refractivity contribution is -0.112. The molecule has 6 heteroatoms. The molecule has 1 amide bonds. The third-order valence-corrected chi connectivity index (χ3v) is 5.69. The fraction of sp³-hybridized carbons (Fsp3) is 0.0800. The highest BCUT2D eigenvalue weighted by molar-refractivity contribution is 6.35. The van der Waals surface area contributed by atoms with Gasteiger partial charge in [0.05, 0.1) is 27.9 Å². The number of fused-ring (bicyclic) bond motifs is 2. The predicted molar refractivity (Wildman–Crippen MR) is 125 cm³/mol. The summed E-state index contributed by atoms with van der Waals surface area (Å²) in [6.07, 6.45) is 1.71. The number of nitrogens with zero attached hydrogens (tertiary/aromatic N) is 3. The number of halogens is 1. The van der Waals surface area contributed by atoms with Crippen LogP contribution in [0.2, 0.25) is 5.02 Å². The smallest absolute Gasteiger partial charge is 0.266 e. The number of benzene rings is 3. The Morgan fingerprint density at radius 1 is 0.935 bits per heavy atom. The molecule has 152 valence electrons. The number of carbonyl (C=O) groups excluding carboxylic acids is 1. The summed E-state index contributed by atoms with van der Waals surface area (Å²) in [7, 11) is 0. The van der Waals surface area contributed by atoms with E-state index in [1.165, 1.54) is 4.57 Å². The van der Waals surface area contributed by atoms with Crippen molar-refractivity contribution in [1.29, 1.82) is 0 Å². The van der Waals surface area contributed by atoms with Crippen LogP contribution in [0, 0.1) is 0 Å². The van der Waals surface area contributed by atoms with Crippen molar-refractivity contribution < 1.29 is 4.79 Å². The third kappa shape index (κ3) is 3.14. The highest BCUT2D eigenvalue weighted by Crippen LogP contribution is 2.37. The largest absolute Gasteiger partial charge is 0.308 e. The number of carbonyl (C=O) groups is 1. The van der Waals surface area contributed by atoms with E-state index in [0.717, 1.165) is 11.3 Å². The van der Waals surface area contributed by atoms with E-state index >= 15 is 0 Å². The first kappa shape index (κ1) is 19.3. The summed E-state index contributed by atoms with van der Waals surface area (Å²) in [4.78, 5) is 33.1. The van der Waals surface area contributed by atoms with Crippen LogP contribution in [0.3, 0.4) is 0 Å². The van der Waals surface area contributed by atoms with Crippen LogP contribution in [0.15, 0.2) is 77.6 Å². The van der Waals surface area contributed by atoms with E-state index in [9.17, 15) is 9.59 Å². The van der Waals surface area contributed by atoms with E-state index < -0.39 is 0 Å². The lowest BCUT2D eigenvalue weighted by Gasteiger charge is -2.14. The molecule has 5 rings (SSSR count). The Morgan fingerprint density at radius 3 is 2.42 bits per heavy atom. The second-order valence-corrected chi connectivity index (χ2v) is 7.67. The van der Waals surface area contributed by atoms with Gasteiger partial charge in [0.1, 0.15) is 5.82 Å². The van der Waals surface area contributed by atoms with E-state index in [2.05, 4.69) is 0 Å². The van der Waals surface area contributed by atoms with Gasteiger partial charge in [-0.3, -0.25) is 14.2 Å². The van der Waals surface area contributed by atoms with Crippen molar-refractivity contribution in [2.45, 2.75) is 6.92 Å². The summed E-state index contributed by atoms with van der Waals surface area (Å²) in [5, 5.41) is 1.08. The molecule has 31 heavy (non-hydrogen) atoms. The van der Waals surface area contributed by atoms with Crippen LogP contribution in [0.1, 0.15) is 18.3 Å². The Bertz CT molecular complexity index is 1420. The Balaban J connectivity index is 1.81. The maximum atomic E-state index is 13.4. The standard InChI is InChI=1S/C25H18ClN3O2/c1-2-28-22-10-6-4-7-18(22)20(24(28)30)15-23-27-21-9-5-3-8-19(21)25(31)29(23)17-13-11-16(26)12-14-17/h3-15H,2H2,1H3. The molecule has 2 heterocycles. The minimum atomic E-state index is -0.203. The van der Waals surface area contributed by atoms with E-state index in [4.69, 9.17) is 16.6 Å². The van der Waals surface area contributed by atoms with Crippen LogP contribution >= 0.6 is 11.6 Å². The number of anilines is 1. The summed E-state index contributed by atoms with van der Waals surface area (Å²) in [5.74, 6) is 0.288. The first-order valence-corrected chi connectivity index (χ1v) is 10.4. The van der Waals surface area contributed by atoms with Gasteiger partial charge in [-0.1, -0.05) is 41.9 Å². The molecular weight excluding hydrogens is 410 g/mol. The van der Waals surface area contributed by atoms with Crippen LogP contribution in [-0.4, -0.2) is 22.0 Å². The van der Waals surface area contributed by atoms with Gasteiger partial charge in [0.15, 0.2) is 0 Å².